The lowest BCUT2D eigenvalue weighted by Gasteiger charge is -2.37. The highest BCUT2D eigenvalue weighted by atomic mass is 32.2. The minimum atomic E-state index is -0.0666. The van der Waals surface area contributed by atoms with E-state index in [1.807, 2.05) is 43.4 Å². The van der Waals surface area contributed by atoms with E-state index in [2.05, 4.69) is 6.58 Å². The molecule has 0 saturated carbocycles. The van der Waals surface area contributed by atoms with Crippen molar-refractivity contribution in [2.45, 2.75) is 43.5 Å². The Kier molecular flexibility index (Phi) is 7.67. The molecule has 4 heteroatoms. The molecule has 1 aliphatic heterocycles. The first-order chi connectivity index (χ1) is 8.26. The summed E-state index contributed by atoms with van der Waals surface area (Å²) in [6.45, 7) is 9.36. The van der Waals surface area contributed by atoms with Crippen LogP contribution in [0.15, 0.2) is 12.7 Å². The third kappa shape index (κ3) is 5.25. The molecule has 1 saturated heterocycles. The summed E-state index contributed by atoms with van der Waals surface area (Å²) in [5.41, 5.74) is 0. The molecule has 0 aromatic carbocycles. The molecule has 2 nitrogen and oxygen atoms in total. The van der Waals surface area contributed by atoms with Crippen molar-refractivity contribution >= 4 is 23.5 Å². The molecule has 0 aromatic rings. The van der Waals surface area contributed by atoms with Gasteiger partial charge in [0.15, 0.2) is 6.29 Å². The average Bonchev–Trinajstić information content (AvgIpc) is 2.31. The van der Waals surface area contributed by atoms with Crippen LogP contribution in [0.4, 0.5) is 0 Å². The van der Waals surface area contributed by atoms with E-state index in [4.69, 9.17) is 9.47 Å². The van der Waals surface area contributed by atoms with Crippen LogP contribution in [0, 0.1) is 0 Å². The molecule has 0 spiro atoms. The summed E-state index contributed by atoms with van der Waals surface area (Å²) in [5, 5.41) is 0. The van der Waals surface area contributed by atoms with Gasteiger partial charge in [0.05, 0.1) is 4.08 Å². The van der Waals surface area contributed by atoms with E-state index in [1.165, 1.54) is 17.9 Å². The largest absolute Gasteiger partial charge is 0.353 e. The lowest BCUT2D eigenvalue weighted by atomic mass is 10.2. The Hall–Kier alpha value is 0.360. The maximum absolute atomic E-state index is 5.67. The monoisotopic (exact) mass is 276 g/mol. The molecule has 0 radical (unpaired) electrons. The summed E-state index contributed by atoms with van der Waals surface area (Å²) in [7, 11) is 0. The topological polar surface area (TPSA) is 18.5 Å². The average molecular weight is 276 g/mol. The van der Waals surface area contributed by atoms with Gasteiger partial charge >= 0.3 is 0 Å². The van der Waals surface area contributed by atoms with Crippen molar-refractivity contribution in [3.8, 4) is 0 Å². The molecule has 1 fully saturated rings. The van der Waals surface area contributed by atoms with E-state index < -0.39 is 0 Å². The SMILES string of the molecule is C=CCC1(CC(OCC)OCC)SCCCS1. The summed E-state index contributed by atoms with van der Waals surface area (Å²) in [6, 6.07) is 0. The van der Waals surface area contributed by atoms with Crippen molar-refractivity contribution < 1.29 is 9.47 Å². The Morgan fingerprint density at radius 3 is 2.29 bits per heavy atom. The second-order valence-electron chi connectivity index (χ2n) is 4.00. The molecule has 0 aromatic heterocycles. The number of allylic oxidation sites excluding steroid dienone is 1. The molecule has 1 rings (SSSR count). The molecule has 0 atom stereocenters. The number of thioether (sulfide) groups is 2. The maximum atomic E-state index is 5.67. The van der Waals surface area contributed by atoms with Gasteiger partial charge in [-0.05, 0) is 38.2 Å². The predicted octanol–water partition coefficient (Wildman–Crippen LogP) is 3.92. The Bertz CT molecular complexity index is 209. The van der Waals surface area contributed by atoms with Gasteiger partial charge in [-0.1, -0.05) is 6.08 Å². The molecular formula is C13H24O2S2. The lowest BCUT2D eigenvalue weighted by Crippen LogP contribution is -2.32. The summed E-state index contributed by atoms with van der Waals surface area (Å²) < 4.78 is 11.6. The van der Waals surface area contributed by atoms with E-state index >= 15 is 0 Å². The molecule has 17 heavy (non-hydrogen) atoms. The minimum Gasteiger partial charge on any atom is -0.353 e. The standard InChI is InChI=1S/C13H24O2S2/c1-4-8-13(16-9-7-10-17-13)11-12(14-5-2)15-6-3/h4,12H,1,5-11H2,2-3H3. The summed E-state index contributed by atoms with van der Waals surface area (Å²) in [6.07, 6.45) is 5.25. The smallest absolute Gasteiger partial charge is 0.159 e. The van der Waals surface area contributed by atoms with Crippen LogP contribution in [0.25, 0.3) is 0 Å². The zero-order valence-electron chi connectivity index (χ0n) is 10.9. The Morgan fingerprint density at radius 1 is 1.24 bits per heavy atom. The van der Waals surface area contributed by atoms with Gasteiger partial charge in [0.1, 0.15) is 0 Å². The van der Waals surface area contributed by atoms with Gasteiger partial charge in [0.25, 0.3) is 0 Å². The molecule has 100 valence electrons. The summed E-state index contributed by atoms with van der Waals surface area (Å²) >= 11 is 4.09. The van der Waals surface area contributed by atoms with Gasteiger partial charge in [-0.25, -0.2) is 0 Å². The molecule has 0 bridgehead atoms. The fourth-order valence-electron chi connectivity index (χ4n) is 1.95. The van der Waals surface area contributed by atoms with Gasteiger partial charge < -0.3 is 9.47 Å². The third-order valence-electron chi connectivity index (χ3n) is 2.66. The van der Waals surface area contributed by atoms with Gasteiger partial charge in [0.2, 0.25) is 0 Å². The van der Waals surface area contributed by atoms with Crippen LogP contribution in [-0.4, -0.2) is 35.1 Å². The first-order valence-corrected chi connectivity index (χ1v) is 8.35. The van der Waals surface area contributed by atoms with Crippen LogP contribution in [-0.2, 0) is 9.47 Å². The minimum absolute atomic E-state index is 0.0666. The molecule has 0 N–H and O–H groups in total. The molecule has 1 aliphatic rings. The number of ether oxygens (including phenoxy) is 2. The van der Waals surface area contributed by atoms with Crippen LogP contribution in [0.1, 0.15) is 33.1 Å². The van der Waals surface area contributed by atoms with E-state index in [1.54, 1.807) is 0 Å². The van der Waals surface area contributed by atoms with Crippen molar-refractivity contribution in [1.29, 1.82) is 0 Å². The van der Waals surface area contributed by atoms with Crippen molar-refractivity contribution in [2.24, 2.45) is 0 Å². The van der Waals surface area contributed by atoms with Crippen molar-refractivity contribution in [2.75, 3.05) is 24.7 Å². The molecular weight excluding hydrogens is 252 g/mol. The van der Waals surface area contributed by atoms with Crippen molar-refractivity contribution in [1.82, 2.24) is 0 Å². The normalized spacial score (nSPS) is 19.5. The van der Waals surface area contributed by atoms with E-state index in [0.29, 0.717) is 13.2 Å². The predicted molar refractivity (Wildman–Crippen MR) is 78.7 cm³/mol. The Balaban J connectivity index is 2.58. The fourth-order valence-corrected chi connectivity index (χ4v) is 5.26. The maximum Gasteiger partial charge on any atom is 0.159 e. The zero-order valence-corrected chi connectivity index (χ0v) is 12.6. The van der Waals surface area contributed by atoms with Crippen LogP contribution in [0.2, 0.25) is 0 Å². The second kappa shape index (κ2) is 8.46. The van der Waals surface area contributed by atoms with E-state index in [9.17, 15) is 0 Å². The Labute approximate surface area is 114 Å². The highest BCUT2D eigenvalue weighted by Crippen LogP contribution is 2.48. The first kappa shape index (κ1) is 15.4. The quantitative estimate of drug-likeness (QED) is 0.494. The van der Waals surface area contributed by atoms with Crippen LogP contribution >= 0.6 is 23.5 Å². The Morgan fingerprint density at radius 2 is 1.82 bits per heavy atom. The lowest BCUT2D eigenvalue weighted by molar-refractivity contribution is -0.140. The highest BCUT2D eigenvalue weighted by molar-refractivity contribution is 8.18. The molecule has 1 heterocycles. The van der Waals surface area contributed by atoms with Gasteiger partial charge in [0, 0.05) is 19.6 Å². The molecule has 0 amide bonds. The van der Waals surface area contributed by atoms with Crippen LogP contribution in [0.3, 0.4) is 0 Å². The number of hydrogen-bond acceptors (Lipinski definition) is 4. The van der Waals surface area contributed by atoms with Gasteiger partial charge in [-0.2, -0.15) is 0 Å². The molecule has 0 aliphatic carbocycles. The van der Waals surface area contributed by atoms with Crippen molar-refractivity contribution in [3.63, 3.8) is 0 Å². The number of rotatable bonds is 8. The van der Waals surface area contributed by atoms with E-state index in [0.717, 1.165) is 12.8 Å². The third-order valence-corrected chi connectivity index (χ3v) is 6.07. The van der Waals surface area contributed by atoms with Crippen LogP contribution in [0.5, 0.6) is 0 Å². The molecule has 0 unspecified atom stereocenters. The summed E-state index contributed by atoms with van der Waals surface area (Å²) in [5.74, 6) is 2.48. The van der Waals surface area contributed by atoms with E-state index in [-0.39, 0.29) is 10.4 Å². The van der Waals surface area contributed by atoms with Crippen LogP contribution < -0.4 is 0 Å². The zero-order chi connectivity index (χ0) is 12.6. The first-order valence-electron chi connectivity index (χ1n) is 6.38. The summed E-state index contributed by atoms with van der Waals surface area (Å²) in [4.78, 5) is 0. The second-order valence-corrected chi connectivity index (χ2v) is 7.21. The highest BCUT2D eigenvalue weighted by Gasteiger charge is 2.35. The van der Waals surface area contributed by atoms with Crippen molar-refractivity contribution in [3.05, 3.63) is 12.7 Å². The van der Waals surface area contributed by atoms with Gasteiger partial charge in [-0.3, -0.25) is 0 Å². The number of hydrogen-bond donors (Lipinski definition) is 0. The van der Waals surface area contributed by atoms with Gasteiger partial charge in [-0.15, -0.1) is 30.1 Å². The fraction of sp³-hybridized carbons (Fsp3) is 0.846.